The third-order valence-electron chi connectivity index (χ3n) is 9.11. The van der Waals surface area contributed by atoms with Gasteiger partial charge in [-0.15, -0.1) is 34.0 Å². The second kappa shape index (κ2) is 11.1. The van der Waals surface area contributed by atoms with E-state index in [9.17, 15) is 0 Å². The van der Waals surface area contributed by atoms with Crippen LogP contribution in [0.2, 0.25) is 0 Å². The Hall–Kier alpha value is -5.33. The molecule has 0 atom stereocenters. The molecule has 0 fully saturated rings. The van der Waals surface area contributed by atoms with Crippen molar-refractivity contribution in [2.45, 2.75) is 0 Å². The highest BCUT2D eigenvalue weighted by molar-refractivity contribution is 7.27. The number of rotatable bonds is 5. The number of hydrogen-bond acceptors (Lipinski definition) is 5. The Bertz CT molecular complexity index is 2770. The summed E-state index contributed by atoms with van der Waals surface area (Å²) >= 11 is 5.48. The molecule has 0 aliphatic carbocycles. The van der Waals surface area contributed by atoms with Crippen molar-refractivity contribution >= 4 is 102 Å². The van der Waals surface area contributed by atoms with Crippen LogP contribution in [0.15, 0.2) is 158 Å². The maximum atomic E-state index is 5.19. The molecule has 0 bridgehead atoms. The Morgan fingerprint density at radius 2 is 1.02 bits per heavy atom. The van der Waals surface area contributed by atoms with Gasteiger partial charge in [0.25, 0.3) is 0 Å². The summed E-state index contributed by atoms with van der Waals surface area (Å²) in [5.74, 6) is 0. The Balaban J connectivity index is 1.17. The van der Waals surface area contributed by atoms with E-state index in [4.69, 9.17) is 4.98 Å². The quantitative estimate of drug-likeness (QED) is 0.182. The van der Waals surface area contributed by atoms with Gasteiger partial charge < -0.3 is 4.90 Å². The highest BCUT2D eigenvalue weighted by Gasteiger charge is 2.20. The van der Waals surface area contributed by atoms with Gasteiger partial charge in [-0.25, -0.2) is 4.98 Å². The van der Waals surface area contributed by atoms with Gasteiger partial charge in [0.1, 0.15) is 5.01 Å². The number of fused-ring (bicyclic) bond motifs is 8. The summed E-state index contributed by atoms with van der Waals surface area (Å²) in [6.07, 6.45) is 0. The lowest BCUT2D eigenvalue weighted by Gasteiger charge is -2.27. The average Bonchev–Trinajstić information content (AvgIpc) is 3.86. The summed E-state index contributed by atoms with van der Waals surface area (Å²) in [4.78, 5) is 7.63. The summed E-state index contributed by atoms with van der Waals surface area (Å²) in [5, 5.41) is 6.16. The zero-order valence-electron chi connectivity index (χ0n) is 25.6. The molecule has 0 radical (unpaired) electrons. The van der Waals surface area contributed by atoms with Gasteiger partial charge in [0.2, 0.25) is 0 Å². The molecule has 2 nitrogen and oxygen atoms in total. The number of thiophene rings is 2. The van der Waals surface area contributed by atoms with E-state index in [-0.39, 0.29) is 0 Å². The van der Waals surface area contributed by atoms with Gasteiger partial charge in [-0.1, -0.05) is 103 Å². The van der Waals surface area contributed by atoms with E-state index in [1.165, 1.54) is 61.9 Å². The van der Waals surface area contributed by atoms with Crippen LogP contribution < -0.4 is 4.90 Å². The first kappa shape index (κ1) is 27.8. The first-order valence-corrected chi connectivity index (χ1v) is 18.4. The second-order valence-electron chi connectivity index (χ2n) is 11.9. The Kier molecular flexibility index (Phi) is 6.44. The predicted octanol–water partition coefficient (Wildman–Crippen LogP) is 13.8. The molecule has 48 heavy (non-hydrogen) atoms. The van der Waals surface area contributed by atoms with E-state index >= 15 is 0 Å². The van der Waals surface area contributed by atoms with Crippen molar-refractivity contribution in [3.05, 3.63) is 158 Å². The minimum Gasteiger partial charge on any atom is -0.310 e. The van der Waals surface area contributed by atoms with E-state index in [2.05, 4.69) is 163 Å². The van der Waals surface area contributed by atoms with E-state index in [0.29, 0.717) is 0 Å². The van der Waals surface area contributed by atoms with Crippen molar-refractivity contribution in [2.75, 3.05) is 4.90 Å². The largest absolute Gasteiger partial charge is 0.310 e. The third-order valence-corrected chi connectivity index (χ3v) is 12.4. The van der Waals surface area contributed by atoms with Crippen LogP contribution in [-0.2, 0) is 0 Å². The van der Waals surface area contributed by atoms with E-state index < -0.39 is 0 Å². The number of benzene rings is 7. The SMILES string of the molecule is c1ccc(-c2ccc(N(c3ccc4c(c3)sc3ccc5sc(-c6ccccc6)nc5c34)c3cccc4sc5ccccc5c34)cc2)cc1. The molecule has 0 spiro atoms. The van der Waals surface area contributed by atoms with Crippen LogP contribution in [0.4, 0.5) is 17.1 Å². The molecular formula is C43H26N2S3. The fraction of sp³-hybridized carbons (Fsp3) is 0. The average molecular weight is 667 g/mol. The van der Waals surface area contributed by atoms with Crippen LogP contribution in [-0.4, -0.2) is 4.98 Å². The summed E-state index contributed by atoms with van der Waals surface area (Å²) < 4.78 is 6.35. The van der Waals surface area contributed by atoms with Crippen molar-refractivity contribution < 1.29 is 0 Å². The summed E-state index contributed by atoms with van der Waals surface area (Å²) in [6, 6.07) is 57.1. The minimum absolute atomic E-state index is 1.07. The molecule has 0 unspecified atom stereocenters. The molecule has 0 amide bonds. The molecule has 0 N–H and O–H groups in total. The van der Waals surface area contributed by atoms with Crippen molar-refractivity contribution in [1.29, 1.82) is 0 Å². The Morgan fingerprint density at radius 1 is 0.396 bits per heavy atom. The normalized spacial score (nSPS) is 11.8. The zero-order chi connectivity index (χ0) is 31.6. The molecular weight excluding hydrogens is 641 g/mol. The zero-order valence-corrected chi connectivity index (χ0v) is 28.1. The molecule has 226 valence electrons. The number of anilines is 3. The smallest absolute Gasteiger partial charge is 0.124 e. The van der Waals surface area contributed by atoms with Crippen LogP contribution in [0.5, 0.6) is 0 Å². The first-order valence-electron chi connectivity index (χ1n) is 16.0. The van der Waals surface area contributed by atoms with Gasteiger partial charge in [0.15, 0.2) is 0 Å². The lowest BCUT2D eigenvalue weighted by atomic mass is 10.0. The molecule has 0 aliphatic heterocycles. The first-order chi connectivity index (χ1) is 23.8. The van der Waals surface area contributed by atoms with Crippen molar-refractivity contribution in [2.24, 2.45) is 0 Å². The lowest BCUT2D eigenvalue weighted by Crippen LogP contribution is -2.10. The molecule has 5 heteroatoms. The number of hydrogen-bond donors (Lipinski definition) is 0. The number of thiazole rings is 1. The Morgan fingerprint density at radius 3 is 1.85 bits per heavy atom. The molecule has 7 aromatic carbocycles. The van der Waals surface area contributed by atoms with Crippen LogP contribution in [0, 0.1) is 0 Å². The van der Waals surface area contributed by atoms with Crippen LogP contribution in [0.3, 0.4) is 0 Å². The highest BCUT2D eigenvalue weighted by atomic mass is 32.1. The fourth-order valence-corrected chi connectivity index (χ4v) is 10.1. The monoisotopic (exact) mass is 666 g/mol. The van der Waals surface area contributed by atoms with Gasteiger partial charge in [0, 0.05) is 57.3 Å². The molecule has 0 aliphatic rings. The van der Waals surface area contributed by atoms with Gasteiger partial charge in [0.05, 0.1) is 15.9 Å². The highest BCUT2D eigenvalue weighted by Crippen LogP contribution is 2.47. The van der Waals surface area contributed by atoms with Gasteiger partial charge in [-0.3, -0.25) is 0 Å². The Labute approximate surface area is 289 Å². The van der Waals surface area contributed by atoms with Gasteiger partial charge >= 0.3 is 0 Å². The van der Waals surface area contributed by atoms with Gasteiger partial charge in [-0.2, -0.15) is 0 Å². The molecule has 10 rings (SSSR count). The molecule has 0 saturated carbocycles. The molecule has 3 aromatic heterocycles. The maximum absolute atomic E-state index is 5.19. The number of nitrogens with zero attached hydrogens (tertiary/aromatic N) is 2. The standard InChI is InChI=1S/C43H26N2S3/c1-3-10-27(11-4-1)28-18-20-30(21-19-28)45(34-15-9-17-36-40(34)32-14-7-8-16-35(32)46-36)31-22-23-33-39(26-31)47-37-24-25-38-42(41(33)37)44-43(48-38)29-12-5-2-6-13-29/h1-26H. The summed E-state index contributed by atoms with van der Waals surface area (Å²) in [5.41, 5.74) is 8.15. The topological polar surface area (TPSA) is 16.1 Å². The summed E-state index contributed by atoms with van der Waals surface area (Å²) in [7, 11) is 0. The van der Waals surface area contributed by atoms with E-state index in [0.717, 1.165) is 27.5 Å². The molecule has 3 heterocycles. The predicted molar refractivity (Wildman–Crippen MR) is 211 cm³/mol. The van der Waals surface area contributed by atoms with Crippen LogP contribution >= 0.6 is 34.0 Å². The maximum Gasteiger partial charge on any atom is 0.124 e. The van der Waals surface area contributed by atoms with Crippen molar-refractivity contribution in [3.8, 4) is 21.7 Å². The summed E-state index contributed by atoms with van der Waals surface area (Å²) in [6.45, 7) is 0. The third kappa shape index (κ3) is 4.47. The lowest BCUT2D eigenvalue weighted by molar-refractivity contribution is 1.31. The minimum atomic E-state index is 1.07. The van der Waals surface area contributed by atoms with Crippen LogP contribution in [0.1, 0.15) is 0 Å². The number of aromatic nitrogens is 1. The van der Waals surface area contributed by atoms with E-state index in [1.54, 1.807) is 11.3 Å². The van der Waals surface area contributed by atoms with Crippen molar-refractivity contribution in [3.63, 3.8) is 0 Å². The van der Waals surface area contributed by atoms with Crippen molar-refractivity contribution in [1.82, 2.24) is 4.98 Å². The fourth-order valence-electron chi connectivity index (χ4n) is 6.89. The molecule has 0 saturated heterocycles. The van der Waals surface area contributed by atoms with Crippen LogP contribution in [0.25, 0.3) is 72.3 Å². The van der Waals surface area contributed by atoms with Gasteiger partial charge in [-0.05, 0) is 65.7 Å². The molecule has 10 aromatic rings. The van der Waals surface area contributed by atoms with E-state index in [1.807, 2.05) is 22.7 Å². The second-order valence-corrected chi connectivity index (χ2v) is 15.1.